The molecule has 0 spiro atoms. The maximum Gasteiger partial charge on any atom is 0.254 e. The largest absolute Gasteiger partial charge is 0.504 e. The van der Waals surface area contributed by atoms with Crippen LogP contribution >= 0.6 is 61.7 Å². The Bertz CT molecular complexity index is 1240. The maximum absolute atomic E-state index is 13.7. The maximum atomic E-state index is 13.7. The Kier molecular flexibility index (Phi) is 6.01. The quantitative estimate of drug-likeness (QED) is 0.171. The molecule has 35 heavy (non-hydrogen) atoms. The number of alkyl halides is 3. The van der Waals surface area contributed by atoms with Crippen LogP contribution in [-0.2, 0) is 19.2 Å². The van der Waals surface area contributed by atoms with E-state index in [9.17, 15) is 24.3 Å². The number of imide groups is 2. The summed E-state index contributed by atoms with van der Waals surface area (Å²) >= 11 is 19.4. The molecule has 2 saturated heterocycles. The lowest BCUT2D eigenvalue weighted by Crippen LogP contribution is -2.60. The van der Waals surface area contributed by atoms with Crippen LogP contribution in [0.4, 0.5) is 0 Å². The van der Waals surface area contributed by atoms with Crippen molar-refractivity contribution in [1.82, 2.24) is 9.80 Å². The second-order valence-corrected chi connectivity index (χ2v) is 12.2. The number of hydrogen-bond donors (Lipinski definition) is 1. The number of aromatic hydroxyl groups is 1. The van der Waals surface area contributed by atoms with Crippen molar-refractivity contribution in [2.24, 2.45) is 17.8 Å². The topological polar surface area (TPSA) is 104 Å². The molecule has 1 N–H and O–H groups in total. The van der Waals surface area contributed by atoms with Crippen molar-refractivity contribution in [2.75, 3.05) is 19.6 Å². The summed E-state index contributed by atoms with van der Waals surface area (Å²) in [6, 6.07) is 3.24. The Hall–Kier alpha value is -1.37. The Morgan fingerprint density at radius 1 is 1.17 bits per heavy atom. The molecule has 1 aromatic rings. The Labute approximate surface area is 233 Å². The third-order valence-corrected chi connectivity index (χ3v) is 10.6. The van der Waals surface area contributed by atoms with Gasteiger partial charge in [-0.3, -0.25) is 29.0 Å². The molecule has 8 nitrogen and oxygen atoms in total. The van der Waals surface area contributed by atoms with Crippen LogP contribution in [0.2, 0.25) is 0 Å². The number of allylic oxidation sites excluding steroid dienone is 2. The molecule has 4 amide bonds. The molecule has 0 bridgehead atoms. The fourth-order valence-electron chi connectivity index (χ4n) is 6.20. The summed E-state index contributed by atoms with van der Waals surface area (Å²) in [4.78, 5) is 51.5. The molecule has 3 fully saturated rings. The lowest BCUT2D eigenvalue weighted by atomic mass is 9.56. The van der Waals surface area contributed by atoms with Crippen molar-refractivity contribution >= 4 is 85.4 Å². The SMILES string of the molecule is COc1cc([C@H]2C3=CC[C@@H]4C(=O)N(C)C(=O)[C@@H]4[C@@H]3C[C@@]3(Cl)C(=O)N(CBr)C(=O)[C@@]23Cl)cc(I)c1O. The summed E-state index contributed by atoms with van der Waals surface area (Å²) in [7, 11) is 2.86. The number of ether oxygens (including phenoxy) is 1. The smallest absolute Gasteiger partial charge is 0.254 e. The molecule has 2 aliphatic heterocycles. The summed E-state index contributed by atoms with van der Waals surface area (Å²) in [5.41, 5.74) is 1.11. The lowest BCUT2D eigenvalue weighted by Gasteiger charge is -2.50. The van der Waals surface area contributed by atoms with Crippen LogP contribution in [0.5, 0.6) is 11.5 Å². The summed E-state index contributed by atoms with van der Waals surface area (Å²) in [5, 5.41) is 10.4. The number of phenolic OH excluding ortho intramolecular Hbond substituents is 1. The summed E-state index contributed by atoms with van der Waals surface area (Å²) < 4.78 is 5.80. The molecule has 0 aromatic heterocycles. The fourth-order valence-corrected chi connectivity index (χ4v) is 8.25. The lowest BCUT2D eigenvalue weighted by molar-refractivity contribution is -0.140. The Balaban J connectivity index is 1.78. The number of halogens is 4. The van der Waals surface area contributed by atoms with Crippen molar-refractivity contribution in [3.05, 3.63) is 32.9 Å². The minimum Gasteiger partial charge on any atom is -0.504 e. The van der Waals surface area contributed by atoms with Gasteiger partial charge in [0.15, 0.2) is 21.2 Å². The van der Waals surface area contributed by atoms with E-state index >= 15 is 0 Å². The molecule has 6 atom stereocenters. The van der Waals surface area contributed by atoms with Gasteiger partial charge >= 0.3 is 0 Å². The van der Waals surface area contributed by atoms with E-state index in [-0.39, 0.29) is 35.2 Å². The number of hydrogen-bond acceptors (Lipinski definition) is 6. The normalized spacial score (nSPS) is 36.2. The zero-order chi connectivity index (χ0) is 25.6. The van der Waals surface area contributed by atoms with E-state index in [4.69, 9.17) is 27.9 Å². The number of phenols is 1. The van der Waals surface area contributed by atoms with Gasteiger partial charge in [0.25, 0.3) is 11.8 Å². The number of amides is 4. The van der Waals surface area contributed by atoms with E-state index in [1.807, 2.05) is 28.7 Å². The molecule has 1 aromatic carbocycles. The number of benzene rings is 1. The highest BCUT2D eigenvalue weighted by atomic mass is 127. The second kappa shape index (κ2) is 8.32. The van der Waals surface area contributed by atoms with Gasteiger partial charge in [-0.15, -0.1) is 23.2 Å². The highest BCUT2D eigenvalue weighted by Crippen LogP contribution is 2.65. The highest BCUT2D eigenvalue weighted by molar-refractivity contribution is 14.1. The van der Waals surface area contributed by atoms with Crippen LogP contribution in [0.15, 0.2) is 23.8 Å². The van der Waals surface area contributed by atoms with Gasteiger partial charge in [-0.1, -0.05) is 27.6 Å². The summed E-state index contributed by atoms with van der Waals surface area (Å²) in [5.74, 6) is -4.53. The van der Waals surface area contributed by atoms with Crippen molar-refractivity contribution < 1.29 is 29.0 Å². The van der Waals surface area contributed by atoms with Gasteiger partial charge in [-0.2, -0.15) is 0 Å². The predicted molar refractivity (Wildman–Crippen MR) is 138 cm³/mol. The fraction of sp³-hybridized carbons (Fsp3) is 0.478. The monoisotopic (exact) mass is 696 g/mol. The van der Waals surface area contributed by atoms with Crippen LogP contribution in [0.25, 0.3) is 0 Å². The molecule has 0 unspecified atom stereocenters. The van der Waals surface area contributed by atoms with Gasteiger partial charge in [0.1, 0.15) is 0 Å². The molecule has 12 heteroatoms. The average Bonchev–Trinajstić information content (AvgIpc) is 3.13. The van der Waals surface area contributed by atoms with E-state index < -0.39 is 45.2 Å². The van der Waals surface area contributed by atoms with E-state index in [1.165, 1.54) is 14.2 Å². The van der Waals surface area contributed by atoms with E-state index in [0.29, 0.717) is 21.1 Å². The molecule has 4 aliphatic rings. The Morgan fingerprint density at radius 2 is 1.86 bits per heavy atom. The zero-order valence-corrected chi connectivity index (χ0v) is 23.8. The highest BCUT2D eigenvalue weighted by Gasteiger charge is 2.76. The van der Waals surface area contributed by atoms with Crippen LogP contribution in [0.3, 0.4) is 0 Å². The number of likely N-dealkylation sites (tertiary alicyclic amines) is 2. The standard InChI is InChI=1S/C23H20BrCl2IN2O6/c1-28-18(31)11-4-3-10-12(15(11)19(28)32)7-22(25)20(33)29(8-24)21(34)23(22,26)16(10)9-5-13(27)17(30)14(6-9)35-2/h3,5-6,11-12,15-16,30H,4,7-8H2,1-2H3/t11-,12+,15-,16-,22+,23-/m0/s1. The number of fused-ring (bicyclic) bond motifs is 4. The van der Waals surface area contributed by atoms with E-state index in [1.54, 1.807) is 12.1 Å². The molecule has 186 valence electrons. The van der Waals surface area contributed by atoms with Crippen molar-refractivity contribution in [3.8, 4) is 11.5 Å². The van der Waals surface area contributed by atoms with Crippen LogP contribution in [0, 0.1) is 21.3 Å². The molecule has 2 aliphatic carbocycles. The number of rotatable bonds is 3. The predicted octanol–water partition coefficient (Wildman–Crippen LogP) is 3.35. The first-order valence-electron chi connectivity index (χ1n) is 10.8. The van der Waals surface area contributed by atoms with Gasteiger partial charge in [0.05, 0.1) is 28.0 Å². The average molecular weight is 698 g/mol. The molecule has 5 rings (SSSR count). The number of carbonyl (C=O) groups is 4. The molecule has 2 heterocycles. The van der Waals surface area contributed by atoms with Crippen molar-refractivity contribution in [1.29, 1.82) is 0 Å². The number of nitrogens with zero attached hydrogens (tertiary/aromatic N) is 2. The van der Waals surface area contributed by atoms with Gasteiger partial charge < -0.3 is 9.84 Å². The van der Waals surface area contributed by atoms with Crippen molar-refractivity contribution in [3.63, 3.8) is 0 Å². The van der Waals surface area contributed by atoms with Crippen molar-refractivity contribution in [2.45, 2.75) is 28.5 Å². The molecule has 1 saturated carbocycles. The summed E-state index contributed by atoms with van der Waals surface area (Å²) in [6.07, 6.45) is 2.11. The second-order valence-electron chi connectivity index (χ2n) is 9.28. The number of carbonyl (C=O) groups excluding carboxylic acids is 4. The molecule has 0 radical (unpaired) electrons. The van der Waals surface area contributed by atoms with Crippen LogP contribution in [-0.4, -0.2) is 67.9 Å². The number of methoxy groups -OCH3 is 1. The first kappa shape index (κ1) is 25.3. The molecular formula is C23H20BrCl2IN2O6. The Morgan fingerprint density at radius 3 is 2.49 bits per heavy atom. The third-order valence-electron chi connectivity index (χ3n) is 7.84. The van der Waals surface area contributed by atoms with Gasteiger partial charge in [-0.05, 0) is 59.0 Å². The van der Waals surface area contributed by atoms with Gasteiger partial charge in [0.2, 0.25) is 11.8 Å². The molecular weight excluding hydrogens is 678 g/mol. The van der Waals surface area contributed by atoms with Crippen LogP contribution in [0.1, 0.15) is 24.3 Å². The summed E-state index contributed by atoms with van der Waals surface area (Å²) in [6.45, 7) is 0. The van der Waals surface area contributed by atoms with E-state index in [0.717, 1.165) is 9.80 Å². The minimum atomic E-state index is -1.89. The zero-order valence-electron chi connectivity index (χ0n) is 18.6. The minimum absolute atomic E-state index is 0.0607. The van der Waals surface area contributed by atoms with Crippen LogP contribution < -0.4 is 4.74 Å². The van der Waals surface area contributed by atoms with Gasteiger partial charge in [0, 0.05) is 13.0 Å². The van der Waals surface area contributed by atoms with E-state index in [2.05, 4.69) is 15.9 Å². The first-order chi connectivity index (χ1) is 16.4. The van der Waals surface area contributed by atoms with Gasteiger partial charge in [-0.25, -0.2) is 0 Å². The first-order valence-corrected chi connectivity index (χ1v) is 13.8. The third kappa shape index (κ3) is 3.08.